The van der Waals surface area contributed by atoms with Gasteiger partial charge in [-0.2, -0.15) is 23.3 Å². The molecule has 1 unspecified atom stereocenters. The summed E-state index contributed by atoms with van der Waals surface area (Å²) in [6.45, 7) is 6.40. The van der Waals surface area contributed by atoms with Crippen LogP contribution in [0.4, 0.5) is 24.8 Å². The van der Waals surface area contributed by atoms with Gasteiger partial charge in [0.25, 0.3) is 0 Å². The Morgan fingerprint density at radius 3 is 2.36 bits per heavy atom. The first kappa shape index (κ1) is 20.6. The van der Waals surface area contributed by atoms with Gasteiger partial charge in [-0.15, -0.1) is 0 Å². The van der Waals surface area contributed by atoms with Crippen molar-refractivity contribution in [2.45, 2.75) is 32.0 Å². The molecule has 1 atom stereocenters. The maximum atomic E-state index is 12.8. The van der Waals surface area contributed by atoms with Gasteiger partial charge in [0.1, 0.15) is 6.04 Å². The molecule has 0 amide bonds. The Bertz CT molecular complexity index is 1190. The maximum Gasteiger partial charge on any atom is 0.451 e. The molecule has 3 aliphatic heterocycles. The predicted octanol–water partition coefficient (Wildman–Crippen LogP) is 2.62. The van der Waals surface area contributed by atoms with E-state index in [1.807, 2.05) is 17.8 Å². The van der Waals surface area contributed by atoms with Gasteiger partial charge < -0.3 is 14.5 Å². The molecule has 0 aliphatic carbocycles. The molecule has 3 aromatic rings. The van der Waals surface area contributed by atoms with Crippen LogP contribution < -0.4 is 9.80 Å². The number of alkyl halides is 3. The Labute approximate surface area is 187 Å². The van der Waals surface area contributed by atoms with Gasteiger partial charge in [0.2, 0.25) is 11.8 Å². The van der Waals surface area contributed by atoms with Gasteiger partial charge in [0, 0.05) is 37.8 Å². The van der Waals surface area contributed by atoms with E-state index >= 15 is 0 Å². The van der Waals surface area contributed by atoms with E-state index in [2.05, 4.69) is 29.9 Å². The molecule has 0 radical (unpaired) electrons. The lowest BCUT2D eigenvalue weighted by Gasteiger charge is -2.27. The number of hydrogen-bond donors (Lipinski definition) is 0. The van der Waals surface area contributed by atoms with Crippen LogP contribution in [0, 0.1) is 12.3 Å². The van der Waals surface area contributed by atoms with Crippen molar-refractivity contribution in [3.8, 4) is 0 Å². The molecule has 9 nitrogen and oxygen atoms in total. The number of aryl methyl sites for hydroxylation is 1. The summed E-state index contributed by atoms with van der Waals surface area (Å²) in [5, 5.41) is 5.59. The largest absolute Gasteiger partial charge is 0.451 e. The Morgan fingerprint density at radius 2 is 1.70 bits per heavy atom. The highest BCUT2D eigenvalue weighted by Crippen LogP contribution is 2.42. The Hall–Kier alpha value is -3.02. The quantitative estimate of drug-likeness (QED) is 0.590. The van der Waals surface area contributed by atoms with Gasteiger partial charge in [0.05, 0.1) is 42.4 Å². The first-order valence-corrected chi connectivity index (χ1v) is 11.0. The van der Waals surface area contributed by atoms with Crippen molar-refractivity contribution in [3.05, 3.63) is 30.1 Å². The van der Waals surface area contributed by atoms with Crippen LogP contribution in [0.15, 0.2) is 18.6 Å². The summed E-state index contributed by atoms with van der Waals surface area (Å²) >= 11 is 0. The highest BCUT2D eigenvalue weighted by molar-refractivity contribution is 5.78. The zero-order valence-electron chi connectivity index (χ0n) is 18.1. The fourth-order valence-electron chi connectivity index (χ4n) is 5.05. The lowest BCUT2D eigenvalue weighted by Crippen LogP contribution is -2.32. The summed E-state index contributed by atoms with van der Waals surface area (Å²) in [5.41, 5.74) is 2.41. The lowest BCUT2D eigenvalue weighted by molar-refractivity contribution is -0.144. The minimum atomic E-state index is -4.53. The molecule has 3 fully saturated rings. The van der Waals surface area contributed by atoms with Gasteiger partial charge >= 0.3 is 6.18 Å². The van der Waals surface area contributed by atoms with Crippen molar-refractivity contribution in [1.82, 2.24) is 29.7 Å². The number of ether oxygens (including phenoxy) is 1. The standard InChI is InChI=1S/C21H23F3N8O/c1-13-16-8-27-19(28-17(16)32(29-13)15-9-33-10-15)31-5-3-20(12-31)2-4-30(11-20)14-6-25-18(26-7-14)21(22,23)24/h6-8,15H,2-5,9-12H2,1H3. The number of hydrogen-bond acceptors (Lipinski definition) is 8. The molecule has 3 aliphatic rings. The number of halogens is 3. The van der Waals surface area contributed by atoms with Crippen LogP contribution >= 0.6 is 0 Å². The second-order valence-corrected chi connectivity index (χ2v) is 9.23. The summed E-state index contributed by atoms with van der Waals surface area (Å²) in [6.07, 6.45) is 1.78. The van der Waals surface area contributed by atoms with Crippen LogP contribution in [0.2, 0.25) is 0 Å². The summed E-state index contributed by atoms with van der Waals surface area (Å²) in [4.78, 5) is 20.8. The van der Waals surface area contributed by atoms with E-state index in [1.54, 1.807) is 0 Å². The topological polar surface area (TPSA) is 85.1 Å². The van der Waals surface area contributed by atoms with Gasteiger partial charge in [-0.3, -0.25) is 0 Å². The van der Waals surface area contributed by atoms with Crippen molar-refractivity contribution >= 4 is 22.7 Å². The summed E-state index contributed by atoms with van der Waals surface area (Å²) in [5.74, 6) is -0.417. The average Bonchev–Trinajstić information content (AvgIpc) is 3.45. The molecule has 6 heterocycles. The van der Waals surface area contributed by atoms with Crippen LogP contribution in [-0.4, -0.2) is 69.1 Å². The van der Waals surface area contributed by atoms with Crippen LogP contribution in [0.5, 0.6) is 0 Å². The van der Waals surface area contributed by atoms with Crippen LogP contribution in [-0.2, 0) is 10.9 Å². The third-order valence-electron chi connectivity index (χ3n) is 7.00. The number of aromatic nitrogens is 6. The number of nitrogens with zero attached hydrogens (tertiary/aromatic N) is 8. The first-order valence-electron chi connectivity index (χ1n) is 11.0. The molecule has 0 bridgehead atoms. The van der Waals surface area contributed by atoms with Crippen molar-refractivity contribution in [2.24, 2.45) is 5.41 Å². The second kappa shape index (κ2) is 7.24. The van der Waals surface area contributed by atoms with Crippen molar-refractivity contribution in [2.75, 3.05) is 49.2 Å². The molecule has 0 aromatic carbocycles. The fourth-order valence-corrected chi connectivity index (χ4v) is 5.05. The summed E-state index contributed by atoms with van der Waals surface area (Å²) in [6, 6.07) is 0.211. The third kappa shape index (κ3) is 3.47. The number of anilines is 2. The van der Waals surface area contributed by atoms with Gasteiger partial charge in [-0.25, -0.2) is 19.6 Å². The highest BCUT2D eigenvalue weighted by Gasteiger charge is 2.44. The average molecular weight is 460 g/mol. The zero-order valence-corrected chi connectivity index (χ0v) is 18.1. The number of fused-ring (bicyclic) bond motifs is 1. The van der Waals surface area contributed by atoms with E-state index in [4.69, 9.17) is 9.72 Å². The molecule has 33 heavy (non-hydrogen) atoms. The second-order valence-electron chi connectivity index (χ2n) is 9.23. The molecule has 12 heteroatoms. The molecule has 3 saturated heterocycles. The van der Waals surface area contributed by atoms with E-state index in [0.717, 1.165) is 55.7 Å². The molecule has 1 spiro atoms. The maximum absolute atomic E-state index is 12.8. The third-order valence-corrected chi connectivity index (χ3v) is 7.00. The van der Waals surface area contributed by atoms with Crippen molar-refractivity contribution < 1.29 is 17.9 Å². The Kier molecular flexibility index (Phi) is 4.51. The van der Waals surface area contributed by atoms with E-state index in [-0.39, 0.29) is 11.5 Å². The van der Waals surface area contributed by atoms with Crippen molar-refractivity contribution in [1.29, 1.82) is 0 Å². The highest BCUT2D eigenvalue weighted by atomic mass is 19.4. The number of rotatable bonds is 3. The zero-order chi connectivity index (χ0) is 22.8. The van der Waals surface area contributed by atoms with E-state index in [1.165, 1.54) is 12.4 Å². The van der Waals surface area contributed by atoms with Gasteiger partial charge in [-0.1, -0.05) is 0 Å². The molecular formula is C21H23F3N8O. The minimum absolute atomic E-state index is 0.0407. The van der Waals surface area contributed by atoms with E-state index in [9.17, 15) is 13.2 Å². The molecule has 174 valence electrons. The minimum Gasteiger partial charge on any atom is -0.377 e. The Morgan fingerprint density at radius 1 is 1.00 bits per heavy atom. The Balaban J connectivity index is 1.19. The van der Waals surface area contributed by atoms with E-state index < -0.39 is 12.0 Å². The van der Waals surface area contributed by atoms with Crippen LogP contribution in [0.25, 0.3) is 11.0 Å². The summed E-state index contributed by atoms with van der Waals surface area (Å²) in [7, 11) is 0. The SMILES string of the molecule is Cc1nn(C2COC2)c2nc(N3CCC4(CCN(c5cnc(C(F)(F)F)nc5)C4)C3)ncc12. The predicted molar refractivity (Wildman–Crippen MR) is 113 cm³/mol. The normalized spacial score (nSPS) is 23.8. The molecule has 6 rings (SSSR count). The van der Waals surface area contributed by atoms with Crippen molar-refractivity contribution in [3.63, 3.8) is 0 Å². The molecule has 0 saturated carbocycles. The molecule has 3 aromatic heterocycles. The smallest absolute Gasteiger partial charge is 0.377 e. The molecule has 0 N–H and O–H groups in total. The monoisotopic (exact) mass is 460 g/mol. The van der Waals surface area contributed by atoms with Gasteiger partial charge in [-0.05, 0) is 19.8 Å². The van der Waals surface area contributed by atoms with Crippen LogP contribution in [0.1, 0.15) is 30.4 Å². The van der Waals surface area contributed by atoms with Gasteiger partial charge in [0.15, 0.2) is 5.65 Å². The summed E-state index contributed by atoms with van der Waals surface area (Å²) < 4.78 is 45.6. The fraction of sp³-hybridized carbons (Fsp3) is 0.571. The van der Waals surface area contributed by atoms with Crippen LogP contribution in [0.3, 0.4) is 0 Å². The molecular weight excluding hydrogens is 437 g/mol. The lowest BCUT2D eigenvalue weighted by atomic mass is 9.86. The first-order chi connectivity index (χ1) is 15.8. The van der Waals surface area contributed by atoms with E-state index in [0.29, 0.717) is 24.8 Å².